The van der Waals surface area contributed by atoms with Crippen molar-refractivity contribution in [2.75, 3.05) is 0 Å². The van der Waals surface area contributed by atoms with Crippen molar-refractivity contribution in [3.05, 3.63) is 35.6 Å². The molecule has 0 bridgehead atoms. The number of rotatable bonds is 4. The van der Waals surface area contributed by atoms with Gasteiger partial charge in [0.15, 0.2) is 0 Å². The molecule has 3 atom stereocenters. The summed E-state index contributed by atoms with van der Waals surface area (Å²) in [5.41, 5.74) is 7.36. The minimum Gasteiger partial charge on any atom is -0.321 e. The second-order valence-corrected chi connectivity index (χ2v) is 5.96. The molecule has 0 aromatic heterocycles. The minimum absolute atomic E-state index is 0.176. The molecule has 3 unspecified atom stereocenters. The maximum atomic E-state index is 13.5. The fourth-order valence-electron chi connectivity index (χ4n) is 3.83. The molecule has 0 saturated heterocycles. The number of benzene rings is 1. The lowest BCUT2D eigenvalue weighted by Gasteiger charge is -2.44. The highest BCUT2D eigenvalue weighted by molar-refractivity contribution is 5.26. The Morgan fingerprint density at radius 2 is 2.00 bits per heavy atom. The van der Waals surface area contributed by atoms with Gasteiger partial charge in [0.2, 0.25) is 0 Å². The van der Waals surface area contributed by atoms with E-state index in [0.29, 0.717) is 11.8 Å². The molecular weight excluding hydrogens is 237 g/mol. The van der Waals surface area contributed by atoms with Crippen molar-refractivity contribution < 1.29 is 4.39 Å². The van der Waals surface area contributed by atoms with E-state index in [0.717, 1.165) is 12.0 Å². The summed E-state index contributed by atoms with van der Waals surface area (Å²) in [5.74, 6) is 0.990. The van der Waals surface area contributed by atoms with E-state index in [9.17, 15) is 4.39 Å². The quantitative estimate of drug-likeness (QED) is 0.843. The van der Waals surface area contributed by atoms with E-state index < -0.39 is 0 Å². The molecule has 1 aromatic rings. The molecular formula is C17H26FN. The first-order valence-electron chi connectivity index (χ1n) is 7.66. The highest BCUT2D eigenvalue weighted by Crippen LogP contribution is 2.44. The van der Waals surface area contributed by atoms with E-state index in [-0.39, 0.29) is 11.4 Å². The zero-order chi connectivity index (χ0) is 13.9. The van der Waals surface area contributed by atoms with E-state index in [1.165, 1.54) is 38.2 Å². The summed E-state index contributed by atoms with van der Waals surface area (Å²) in [5, 5.41) is 0. The lowest BCUT2D eigenvalue weighted by molar-refractivity contribution is 0.122. The zero-order valence-corrected chi connectivity index (χ0v) is 12.2. The Morgan fingerprint density at radius 3 is 2.63 bits per heavy atom. The fourth-order valence-corrected chi connectivity index (χ4v) is 3.83. The van der Waals surface area contributed by atoms with Crippen LogP contribution in [0.25, 0.3) is 0 Å². The summed E-state index contributed by atoms with van der Waals surface area (Å²) in [6.07, 6.45) is 7.08. The van der Waals surface area contributed by atoms with Gasteiger partial charge < -0.3 is 5.73 Å². The van der Waals surface area contributed by atoms with Crippen molar-refractivity contribution >= 4 is 0 Å². The van der Waals surface area contributed by atoms with Crippen molar-refractivity contribution in [2.24, 2.45) is 17.6 Å². The van der Waals surface area contributed by atoms with Gasteiger partial charge in [-0.2, -0.15) is 0 Å². The van der Waals surface area contributed by atoms with Crippen molar-refractivity contribution in [2.45, 2.75) is 57.9 Å². The molecule has 0 amide bonds. The van der Waals surface area contributed by atoms with E-state index in [2.05, 4.69) is 13.8 Å². The average Bonchev–Trinajstić information content (AvgIpc) is 2.46. The third kappa shape index (κ3) is 2.84. The Kier molecular flexibility index (Phi) is 4.62. The van der Waals surface area contributed by atoms with Crippen LogP contribution in [0.3, 0.4) is 0 Å². The molecule has 1 aromatic carbocycles. The maximum Gasteiger partial charge on any atom is 0.123 e. The van der Waals surface area contributed by atoms with Crippen LogP contribution in [-0.2, 0) is 5.54 Å². The first kappa shape index (κ1) is 14.5. The van der Waals surface area contributed by atoms with Crippen LogP contribution in [0.5, 0.6) is 0 Å². The monoisotopic (exact) mass is 263 g/mol. The van der Waals surface area contributed by atoms with Gasteiger partial charge in [0.25, 0.3) is 0 Å². The lowest BCUT2D eigenvalue weighted by atomic mass is 9.64. The zero-order valence-electron chi connectivity index (χ0n) is 12.2. The molecule has 2 heteroatoms. The van der Waals surface area contributed by atoms with Crippen LogP contribution >= 0.6 is 0 Å². The highest BCUT2D eigenvalue weighted by Gasteiger charge is 2.40. The van der Waals surface area contributed by atoms with Gasteiger partial charge in [-0.15, -0.1) is 0 Å². The molecule has 106 valence electrons. The molecule has 2 rings (SSSR count). The topological polar surface area (TPSA) is 26.0 Å². The standard InChI is InChI=1S/C17H26FN/c1-3-13-8-5-6-11-16(13)17(19,4-2)14-9-7-10-15(18)12-14/h7,9-10,12-13,16H,3-6,8,11,19H2,1-2H3. The molecule has 0 aliphatic heterocycles. The summed E-state index contributed by atoms with van der Waals surface area (Å²) in [6.45, 7) is 4.39. The summed E-state index contributed by atoms with van der Waals surface area (Å²) >= 11 is 0. The second-order valence-electron chi connectivity index (χ2n) is 5.96. The molecule has 1 aliphatic carbocycles. The molecule has 1 fully saturated rings. The van der Waals surface area contributed by atoms with Gasteiger partial charge in [-0.05, 0) is 42.4 Å². The summed E-state index contributed by atoms with van der Waals surface area (Å²) in [7, 11) is 0. The molecule has 0 radical (unpaired) electrons. The predicted molar refractivity (Wildman–Crippen MR) is 78.3 cm³/mol. The van der Waals surface area contributed by atoms with Crippen LogP contribution in [0.2, 0.25) is 0 Å². The van der Waals surface area contributed by atoms with Gasteiger partial charge in [0, 0.05) is 5.54 Å². The van der Waals surface area contributed by atoms with Gasteiger partial charge in [0.05, 0.1) is 0 Å². The van der Waals surface area contributed by atoms with E-state index in [1.807, 2.05) is 6.07 Å². The summed E-state index contributed by atoms with van der Waals surface area (Å²) in [6, 6.07) is 6.90. The van der Waals surface area contributed by atoms with Crippen molar-refractivity contribution in [3.63, 3.8) is 0 Å². The Bertz CT molecular complexity index is 417. The molecule has 19 heavy (non-hydrogen) atoms. The predicted octanol–water partition coefficient (Wildman–Crippen LogP) is 4.61. The molecule has 1 nitrogen and oxygen atoms in total. The maximum absolute atomic E-state index is 13.5. The Hall–Kier alpha value is -0.890. The highest BCUT2D eigenvalue weighted by atomic mass is 19.1. The minimum atomic E-state index is -0.372. The molecule has 1 aliphatic rings. The van der Waals surface area contributed by atoms with Gasteiger partial charge in [-0.3, -0.25) is 0 Å². The smallest absolute Gasteiger partial charge is 0.123 e. The third-order valence-corrected chi connectivity index (χ3v) is 5.04. The molecule has 0 heterocycles. The van der Waals surface area contributed by atoms with Gasteiger partial charge in [-0.25, -0.2) is 4.39 Å². The van der Waals surface area contributed by atoms with Crippen LogP contribution in [-0.4, -0.2) is 0 Å². The lowest BCUT2D eigenvalue weighted by Crippen LogP contribution is -2.47. The molecule has 1 saturated carbocycles. The van der Waals surface area contributed by atoms with Crippen molar-refractivity contribution in [3.8, 4) is 0 Å². The SMILES string of the molecule is CCC1CCCCC1C(N)(CC)c1cccc(F)c1. The van der Waals surface area contributed by atoms with Crippen LogP contribution in [0, 0.1) is 17.7 Å². The van der Waals surface area contributed by atoms with Crippen molar-refractivity contribution in [1.82, 2.24) is 0 Å². The number of hydrogen-bond acceptors (Lipinski definition) is 1. The second kappa shape index (κ2) is 6.04. The number of nitrogens with two attached hydrogens (primary N) is 1. The normalized spacial score (nSPS) is 26.9. The Morgan fingerprint density at radius 1 is 1.26 bits per heavy atom. The summed E-state index contributed by atoms with van der Waals surface area (Å²) < 4.78 is 13.5. The number of hydrogen-bond donors (Lipinski definition) is 1. The van der Waals surface area contributed by atoms with Gasteiger partial charge in [-0.1, -0.05) is 51.7 Å². The fraction of sp³-hybridized carbons (Fsp3) is 0.647. The van der Waals surface area contributed by atoms with Gasteiger partial charge in [0.1, 0.15) is 5.82 Å². The van der Waals surface area contributed by atoms with Crippen LogP contribution in [0.15, 0.2) is 24.3 Å². The number of halogens is 1. The van der Waals surface area contributed by atoms with E-state index in [4.69, 9.17) is 5.73 Å². The average molecular weight is 263 g/mol. The molecule has 0 spiro atoms. The van der Waals surface area contributed by atoms with Crippen molar-refractivity contribution in [1.29, 1.82) is 0 Å². The molecule has 2 N–H and O–H groups in total. The third-order valence-electron chi connectivity index (χ3n) is 5.04. The van der Waals surface area contributed by atoms with Gasteiger partial charge >= 0.3 is 0 Å². The Labute approximate surface area is 116 Å². The van der Waals surface area contributed by atoms with E-state index in [1.54, 1.807) is 12.1 Å². The van der Waals surface area contributed by atoms with Crippen LogP contribution in [0.4, 0.5) is 4.39 Å². The summed E-state index contributed by atoms with van der Waals surface area (Å²) in [4.78, 5) is 0. The largest absolute Gasteiger partial charge is 0.321 e. The first-order chi connectivity index (χ1) is 9.11. The first-order valence-corrected chi connectivity index (χ1v) is 7.66. The van der Waals surface area contributed by atoms with E-state index >= 15 is 0 Å². The van der Waals surface area contributed by atoms with Crippen LogP contribution in [0.1, 0.15) is 57.9 Å². The Balaban J connectivity index is 2.35. The van der Waals surface area contributed by atoms with Crippen LogP contribution < -0.4 is 5.73 Å².